The lowest BCUT2D eigenvalue weighted by atomic mass is 10.0. The highest BCUT2D eigenvalue weighted by molar-refractivity contribution is 7.98. The van der Waals surface area contributed by atoms with E-state index in [1.165, 1.54) is 29.1 Å². The van der Waals surface area contributed by atoms with Gasteiger partial charge in [0.2, 0.25) is 5.96 Å². The summed E-state index contributed by atoms with van der Waals surface area (Å²) in [7, 11) is 0. The molecule has 4 N–H and O–H groups in total. The Hall–Kier alpha value is -1.89. The first-order valence-corrected chi connectivity index (χ1v) is 8.52. The fourth-order valence-corrected chi connectivity index (χ4v) is 3.75. The van der Waals surface area contributed by atoms with Gasteiger partial charge >= 0.3 is 0 Å². The van der Waals surface area contributed by atoms with Gasteiger partial charge in [0.25, 0.3) is 0 Å². The third-order valence-corrected chi connectivity index (χ3v) is 4.90. The number of nitrogens with one attached hydrogen (secondary N) is 3. The molecule has 0 saturated carbocycles. The van der Waals surface area contributed by atoms with Crippen molar-refractivity contribution in [3.05, 3.63) is 46.5 Å². The zero-order chi connectivity index (χ0) is 15.8. The second kappa shape index (κ2) is 5.96. The van der Waals surface area contributed by atoms with Crippen molar-refractivity contribution in [3.8, 4) is 5.75 Å². The highest BCUT2D eigenvalue weighted by Crippen LogP contribution is 2.41. The zero-order valence-corrected chi connectivity index (χ0v) is 13.8. The molecule has 4 rings (SSSR count). The average Bonchev–Trinajstić information content (AvgIpc) is 2.55. The van der Waals surface area contributed by atoms with E-state index >= 15 is 0 Å². The predicted octanol–water partition coefficient (Wildman–Crippen LogP) is 3.40. The summed E-state index contributed by atoms with van der Waals surface area (Å²) in [4.78, 5) is 5.25. The molecule has 0 fully saturated rings. The number of aliphatic imine (C=N–C) groups is 1. The number of guanidine groups is 1. The highest BCUT2D eigenvalue weighted by Gasteiger charge is 2.17. The van der Waals surface area contributed by atoms with Crippen molar-refractivity contribution >= 4 is 40.9 Å². The molecule has 5 nitrogen and oxygen atoms in total. The van der Waals surface area contributed by atoms with E-state index < -0.39 is 0 Å². The minimum absolute atomic E-state index is 0.0808. The molecule has 0 amide bonds. The van der Waals surface area contributed by atoms with Crippen LogP contribution in [-0.2, 0) is 13.0 Å². The minimum atomic E-state index is 0.0808. The molecule has 0 saturated heterocycles. The summed E-state index contributed by atoms with van der Waals surface area (Å²) < 4.78 is 3.13. The monoisotopic (exact) mass is 346 g/mol. The molecule has 7 heteroatoms. The van der Waals surface area contributed by atoms with Gasteiger partial charge in [-0.05, 0) is 54.2 Å². The summed E-state index contributed by atoms with van der Waals surface area (Å²) >= 11 is 7.32. The Morgan fingerprint density at radius 3 is 3.04 bits per heavy atom. The number of fused-ring (bicyclic) bond motifs is 2. The van der Waals surface area contributed by atoms with Gasteiger partial charge in [-0.15, -0.1) is 0 Å². The van der Waals surface area contributed by atoms with E-state index in [1.807, 2.05) is 6.07 Å². The molecular formula is C16H15ClN4OS. The molecule has 2 aromatic rings. The van der Waals surface area contributed by atoms with Crippen molar-refractivity contribution in [2.24, 2.45) is 4.99 Å². The number of anilines is 1. The van der Waals surface area contributed by atoms with Gasteiger partial charge in [-0.3, -0.25) is 4.72 Å². The number of nitrogens with zero attached hydrogens (tertiary/aromatic N) is 1. The van der Waals surface area contributed by atoms with Gasteiger partial charge in [0.1, 0.15) is 11.4 Å². The van der Waals surface area contributed by atoms with E-state index in [4.69, 9.17) is 11.6 Å². The lowest BCUT2D eigenvalue weighted by Gasteiger charge is -2.21. The predicted molar refractivity (Wildman–Crippen MR) is 94.7 cm³/mol. The Morgan fingerprint density at radius 1 is 1.22 bits per heavy atom. The number of rotatable bonds is 1. The number of aromatic hydroxyl groups is 1. The Bertz CT molecular complexity index is 809. The molecule has 0 atom stereocenters. The first-order valence-electron chi connectivity index (χ1n) is 7.32. The molecule has 2 aliphatic heterocycles. The Kier molecular flexibility index (Phi) is 3.80. The maximum atomic E-state index is 10.0. The summed E-state index contributed by atoms with van der Waals surface area (Å²) in [6, 6.07) is 9.60. The molecule has 23 heavy (non-hydrogen) atoms. The van der Waals surface area contributed by atoms with Crippen LogP contribution in [0, 0.1) is 0 Å². The average molecular weight is 347 g/mol. The molecule has 0 aliphatic carbocycles. The van der Waals surface area contributed by atoms with Crippen molar-refractivity contribution in [2.45, 2.75) is 17.9 Å². The van der Waals surface area contributed by atoms with Crippen LogP contribution in [0.2, 0.25) is 5.02 Å². The number of phenolic OH excluding ortho intramolecular Hbond substituents is 1. The van der Waals surface area contributed by atoms with Crippen LogP contribution in [0.5, 0.6) is 5.75 Å². The van der Waals surface area contributed by atoms with E-state index in [-0.39, 0.29) is 5.75 Å². The summed E-state index contributed by atoms with van der Waals surface area (Å²) in [5, 5.41) is 17.1. The first kappa shape index (κ1) is 14.7. The number of hydrogen-bond acceptors (Lipinski definition) is 6. The van der Waals surface area contributed by atoms with Crippen molar-refractivity contribution in [1.82, 2.24) is 10.0 Å². The first-order chi connectivity index (χ1) is 11.2. The van der Waals surface area contributed by atoms with Crippen LogP contribution < -0.4 is 15.4 Å². The van der Waals surface area contributed by atoms with E-state index in [0.29, 0.717) is 16.7 Å². The molecule has 0 aromatic heterocycles. The largest absolute Gasteiger partial charge is 0.506 e. The Labute approximate surface area is 143 Å². The lowest BCUT2D eigenvalue weighted by Crippen LogP contribution is -2.27. The van der Waals surface area contributed by atoms with Crippen LogP contribution in [0.25, 0.3) is 0 Å². The Morgan fingerprint density at radius 2 is 2.13 bits per heavy atom. The minimum Gasteiger partial charge on any atom is -0.506 e. The fraction of sp³-hybridized carbons (Fsp3) is 0.188. The van der Waals surface area contributed by atoms with Crippen LogP contribution in [-0.4, -0.2) is 17.6 Å². The van der Waals surface area contributed by atoms with Crippen LogP contribution in [0.15, 0.2) is 40.2 Å². The van der Waals surface area contributed by atoms with Crippen molar-refractivity contribution in [3.63, 3.8) is 0 Å². The van der Waals surface area contributed by atoms with Crippen LogP contribution in [0.1, 0.15) is 11.1 Å². The second-order valence-corrected chi connectivity index (χ2v) is 6.76. The third kappa shape index (κ3) is 2.97. The molecule has 2 heterocycles. The standard InChI is InChI=1S/C16H15ClN4OS/c17-11-6-13(22)15-14(7-11)23-21-16(20-15)19-12-2-1-10-8-18-4-3-9(10)5-12/h1-2,5-7,18,22H,3-4,8H2,(H2,19,20,21). The van der Waals surface area contributed by atoms with Crippen LogP contribution in [0.4, 0.5) is 11.4 Å². The van der Waals surface area contributed by atoms with Gasteiger partial charge in [-0.25, -0.2) is 4.99 Å². The zero-order valence-electron chi connectivity index (χ0n) is 12.2. The number of benzene rings is 2. The maximum absolute atomic E-state index is 10.0. The summed E-state index contributed by atoms with van der Waals surface area (Å²) in [6.07, 6.45) is 1.03. The van der Waals surface area contributed by atoms with E-state index in [2.05, 4.69) is 32.5 Å². The van der Waals surface area contributed by atoms with Crippen LogP contribution in [0.3, 0.4) is 0 Å². The van der Waals surface area contributed by atoms with Crippen molar-refractivity contribution < 1.29 is 5.11 Å². The van der Waals surface area contributed by atoms with Gasteiger partial charge in [0, 0.05) is 23.3 Å². The van der Waals surface area contributed by atoms with E-state index in [9.17, 15) is 5.11 Å². The van der Waals surface area contributed by atoms with Gasteiger partial charge in [0.15, 0.2) is 0 Å². The SMILES string of the molecule is Oc1cc(Cl)cc2c1N=C(Nc1ccc3c(c1)CCNC3)NS2. The van der Waals surface area contributed by atoms with Crippen molar-refractivity contribution in [2.75, 3.05) is 11.9 Å². The summed E-state index contributed by atoms with van der Waals surface area (Å²) in [5.41, 5.74) is 4.21. The molecule has 0 radical (unpaired) electrons. The number of halogens is 1. The second-order valence-electron chi connectivity index (χ2n) is 5.47. The van der Waals surface area contributed by atoms with Gasteiger partial charge in [-0.1, -0.05) is 17.7 Å². The smallest absolute Gasteiger partial charge is 0.211 e. The van der Waals surface area contributed by atoms with Gasteiger partial charge < -0.3 is 15.7 Å². The van der Waals surface area contributed by atoms with E-state index in [1.54, 1.807) is 6.07 Å². The lowest BCUT2D eigenvalue weighted by molar-refractivity contribution is 0.475. The molecule has 2 aromatic carbocycles. The highest BCUT2D eigenvalue weighted by atomic mass is 35.5. The van der Waals surface area contributed by atoms with Gasteiger partial charge in [0.05, 0.1) is 4.90 Å². The third-order valence-electron chi connectivity index (χ3n) is 3.86. The molecule has 0 spiro atoms. The topological polar surface area (TPSA) is 68.7 Å². The molecule has 118 valence electrons. The molecule has 0 unspecified atom stereocenters. The summed E-state index contributed by atoms with van der Waals surface area (Å²) in [5.74, 6) is 0.673. The Balaban J connectivity index is 1.61. The molecular weight excluding hydrogens is 332 g/mol. The van der Waals surface area contributed by atoms with Gasteiger partial charge in [-0.2, -0.15) is 0 Å². The van der Waals surface area contributed by atoms with E-state index in [0.717, 1.165) is 30.1 Å². The fourth-order valence-electron chi connectivity index (χ4n) is 2.73. The normalized spacial score (nSPS) is 16.0. The molecule has 2 aliphatic rings. The number of hydrogen-bond donors (Lipinski definition) is 4. The van der Waals surface area contributed by atoms with Crippen molar-refractivity contribution in [1.29, 1.82) is 0 Å². The molecule has 0 bridgehead atoms. The maximum Gasteiger partial charge on any atom is 0.211 e. The van der Waals surface area contributed by atoms with Crippen LogP contribution >= 0.6 is 23.5 Å². The summed E-state index contributed by atoms with van der Waals surface area (Å²) in [6.45, 7) is 1.93. The quantitative estimate of drug-likeness (QED) is 0.596. The number of phenols is 1.